The summed E-state index contributed by atoms with van der Waals surface area (Å²) in [5.41, 5.74) is 2.69. The summed E-state index contributed by atoms with van der Waals surface area (Å²) in [7, 11) is 0. The van der Waals surface area contributed by atoms with Crippen LogP contribution in [0.1, 0.15) is 49.8 Å². The average molecular weight is 544 g/mol. The summed E-state index contributed by atoms with van der Waals surface area (Å²) in [5, 5.41) is 16.2. The third-order valence-electron chi connectivity index (χ3n) is 7.20. The smallest absolute Gasteiger partial charge is 0.408 e. The third kappa shape index (κ3) is 8.41. The van der Waals surface area contributed by atoms with E-state index in [1.165, 1.54) is 11.1 Å². The molecule has 1 aliphatic rings. The highest BCUT2D eigenvalue weighted by atomic mass is 16.6. The summed E-state index contributed by atoms with van der Waals surface area (Å²) in [5.74, 6) is -0.133. The van der Waals surface area contributed by atoms with E-state index >= 15 is 0 Å². The molecule has 1 aliphatic heterocycles. The van der Waals surface area contributed by atoms with Gasteiger partial charge in [-0.05, 0) is 43.9 Å². The molecule has 3 aromatic carbocycles. The molecule has 1 fully saturated rings. The molecule has 0 unspecified atom stereocenters. The minimum Gasteiger partial charge on any atom is -0.444 e. The maximum Gasteiger partial charge on any atom is 0.408 e. The number of aliphatic hydroxyl groups excluding tert-OH is 1. The van der Waals surface area contributed by atoms with E-state index in [1.54, 1.807) is 20.8 Å². The molecule has 0 aromatic heterocycles. The van der Waals surface area contributed by atoms with Crippen molar-refractivity contribution in [2.75, 3.05) is 19.7 Å². The van der Waals surface area contributed by atoms with Crippen LogP contribution >= 0.6 is 0 Å². The monoisotopic (exact) mass is 543 g/mol. The third-order valence-corrected chi connectivity index (χ3v) is 7.20. The van der Waals surface area contributed by atoms with Crippen LogP contribution in [-0.4, -0.2) is 65.4 Å². The second-order valence-electron chi connectivity index (χ2n) is 11.5. The van der Waals surface area contributed by atoms with Gasteiger partial charge in [0.05, 0.1) is 6.61 Å². The average Bonchev–Trinajstić information content (AvgIpc) is 3.33. The minimum absolute atomic E-state index is 0.00622. The highest BCUT2D eigenvalue weighted by Crippen LogP contribution is 2.29. The van der Waals surface area contributed by atoms with Crippen LogP contribution < -0.4 is 10.6 Å². The summed E-state index contributed by atoms with van der Waals surface area (Å²) in [4.78, 5) is 28.4. The number of nitrogens with one attached hydrogen (secondary N) is 2. The Morgan fingerprint density at radius 2 is 1.48 bits per heavy atom. The molecular formula is C33H41N3O4. The Labute approximate surface area is 237 Å². The molecule has 3 aromatic rings. The van der Waals surface area contributed by atoms with Crippen LogP contribution in [0.5, 0.6) is 0 Å². The molecule has 0 aliphatic carbocycles. The number of rotatable bonds is 10. The van der Waals surface area contributed by atoms with Crippen molar-refractivity contribution < 1.29 is 19.4 Å². The lowest BCUT2D eigenvalue weighted by atomic mass is 9.90. The van der Waals surface area contributed by atoms with Crippen molar-refractivity contribution in [3.05, 3.63) is 108 Å². The fraction of sp³-hybridized carbons (Fsp3) is 0.394. The van der Waals surface area contributed by atoms with Crippen LogP contribution in [0.15, 0.2) is 91.0 Å². The van der Waals surface area contributed by atoms with E-state index in [-0.39, 0.29) is 30.5 Å². The van der Waals surface area contributed by atoms with E-state index in [4.69, 9.17) is 4.74 Å². The Morgan fingerprint density at radius 3 is 2.00 bits per heavy atom. The molecule has 3 N–H and O–H groups in total. The van der Waals surface area contributed by atoms with Gasteiger partial charge in [-0.1, -0.05) is 91.0 Å². The topological polar surface area (TPSA) is 90.9 Å². The lowest BCUT2D eigenvalue weighted by molar-refractivity contribution is -0.123. The molecule has 2 amide bonds. The SMILES string of the molecule is CC(C)(C)OC(=O)N[C@@H](Cc1ccccc1)C(=O)N[C@H]1C[C@@H](CO)N(CC(c2ccccc2)c2ccccc2)C1. The van der Waals surface area contributed by atoms with Crippen molar-refractivity contribution in [3.8, 4) is 0 Å². The van der Waals surface area contributed by atoms with Crippen molar-refractivity contribution >= 4 is 12.0 Å². The number of nitrogens with zero attached hydrogens (tertiary/aromatic N) is 1. The van der Waals surface area contributed by atoms with Gasteiger partial charge in [0.2, 0.25) is 5.91 Å². The van der Waals surface area contributed by atoms with Crippen LogP contribution in [0.2, 0.25) is 0 Å². The number of hydrogen-bond acceptors (Lipinski definition) is 5. The highest BCUT2D eigenvalue weighted by molar-refractivity contribution is 5.86. The molecule has 7 heteroatoms. The molecule has 40 heavy (non-hydrogen) atoms. The fourth-order valence-electron chi connectivity index (χ4n) is 5.32. The molecule has 0 radical (unpaired) electrons. The molecule has 1 heterocycles. The summed E-state index contributed by atoms with van der Waals surface area (Å²) < 4.78 is 5.43. The zero-order valence-electron chi connectivity index (χ0n) is 23.6. The first kappa shape index (κ1) is 29.3. The second-order valence-corrected chi connectivity index (χ2v) is 11.5. The van der Waals surface area contributed by atoms with Gasteiger partial charge in [-0.3, -0.25) is 9.69 Å². The number of likely N-dealkylation sites (tertiary alicyclic amines) is 1. The maximum absolute atomic E-state index is 13.5. The minimum atomic E-state index is -0.791. The normalized spacial score (nSPS) is 18.3. The first-order valence-electron chi connectivity index (χ1n) is 14.0. The second kappa shape index (κ2) is 13.6. The van der Waals surface area contributed by atoms with Crippen molar-refractivity contribution in [2.24, 2.45) is 0 Å². The Kier molecular flexibility index (Phi) is 9.96. The number of amides is 2. The largest absolute Gasteiger partial charge is 0.444 e. The van der Waals surface area contributed by atoms with Crippen molar-refractivity contribution in [3.63, 3.8) is 0 Å². The van der Waals surface area contributed by atoms with E-state index in [2.05, 4.69) is 39.8 Å². The lowest BCUT2D eigenvalue weighted by Gasteiger charge is -2.28. The zero-order chi connectivity index (χ0) is 28.5. The number of carbonyl (C=O) groups excluding carboxylic acids is 2. The molecule has 4 rings (SSSR count). The van der Waals surface area contributed by atoms with Crippen molar-refractivity contribution in [1.29, 1.82) is 0 Å². The van der Waals surface area contributed by atoms with Crippen LogP contribution in [-0.2, 0) is 16.0 Å². The molecule has 0 bridgehead atoms. The van der Waals surface area contributed by atoms with Gasteiger partial charge in [-0.15, -0.1) is 0 Å². The number of alkyl carbamates (subject to hydrolysis) is 1. The van der Waals surface area contributed by atoms with E-state index in [9.17, 15) is 14.7 Å². The molecule has 7 nitrogen and oxygen atoms in total. The summed E-state index contributed by atoms with van der Waals surface area (Å²) in [6.07, 6.45) is 0.345. The van der Waals surface area contributed by atoms with Crippen molar-refractivity contribution in [2.45, 2.75) is 63.3 Å². The zero-order valence-corrected chi connectivity index (χ0v) is 23.6. The summed E-state index contributed by atoms with van der Waals surface area (Å²) in [6, 6.07) is 29.3. The Morgan fingerprint density at radius 1 is 0.925 bits per heavy atom. The number of hydrogen-bond donors (Lipinski definition) is 3. The molecular weight excluding hydrogens is 502 g/mol. The van der Waals surface area contributed by atoms with E-state index in [1.807, 2.05) is 66.7 Å². The number of ether oxygens (including phenoxy) is 1. The summed E-state index contributed by atoms with van der Waals surface area (Å²) >= 11 is 0. The van der Waals surface area contributed by atoms with E-state index < -0.39 is 17.7 Å². The van der Waals surface area contributed by atoms with Crippen LogP contribution in [0.25, 0.3) is 0 Å². The van der Waals surface area contributed by atoms with Gasteiger partial charge in [0, 0.05) is 37.5 Å². The van der Waals surface area contributed by atoms with Crippen LogP contribution in [0.3, 0.4) is 0 Å². The lowest BCUT2D eigenvalue weighted by Crippen LogP contribution is -2.52. The van der Waals surface area contributed by atoms with Crippen LogP contribution in [0, 0.1) is 0 Å². The quantitative estimate of drug-likeness (QED) is 0.350. The maximum atomic E-state index is 13.5. The van der Waals surface area contributed by atoms with Gasteiger partial charge in [-0.2, -0.15) is 0 Å². The fourth-order valence-corrected chi connectivity index (χ4v) is 5.32. The Balaban J connectivity index is 1.46. The van der Waals surface area contributed by atoms with Gasteiger partial charge < -0.3 is 20.5 Å². The van der Waals surface area contributed by atoms with Crippen LogP contribution in [0.4, 0.5) is 4.79 Å². The van der Waals surface area contributed by atoms with Gasteiger partial charge in [0.25, 0.3) is 0 Å². The Hall–Kier alpha value is -3.68. The molecule has 0 saturated carbocycles. The highest BCUT2D eigenvalue weighted by Gasteiger charge is 2.36. The molecule has 1 saturated heterocycles. The van der Waals surface area contributed by atoms with Gasteiger partial charge in [0.1, 0.15) is 11.6 Å². The number of benzene rings is 3. The van der Waals surface area contributed by atoms with Gasteiger partial charge in [0.15, 0.2) is 0 Å². The first-order valence-corrected chi connectivity index (χ1v) is 14.0. The molecule has 0 spiro atoms. The Bertz CT molecular complexity index is 1180. The van der Waals surface area contributed by atoms with Crippen molar-refractivity contribution in [1.82, 2.24) is 15.5 Å². The summed E-state index contributed by atoms with van der Waals surface area (Å²) in [6.45, 7) is 6.70. The standard InChI is InChI=1S/C33H41N3O4/c1-33(2,3)40-32(39)35-30(19-24-13-7-4-8-14-24)31(38)34-27-20-28(23-37)36(21-27)22-29(25-15-9-5-10-16-25)26-17-11-6-12-18-26/h4-18,27-30,37H,19-23H2,1-3H3,(H,34,38)(H,35,39)/t27-,28-,30-/m0/s1. The molecule has 212 valence electrons. The van der Waals surface area contributed by atoms with E-state index in [0.29, 0.717) is 19.4 Å². The first-order chi connectivity index (χ1) is 19.2. The van der Waals surface area contributed by atoms with Gasteiger partial charge in [-0.25, -0.2) is 4.79 Å². The van der Waals surface area contributed by atoms with E-state index in [0.717, 1.165) is 12.1 Å². The predicted octanol–water partition coefficient (Wildman–Crippen LogP) is 4.51. The number of aliphatic hydroxyl groups is 1. The predicted molar refractivity (Wildman–Crippen MR) is 157 cm³/mol. The number of carbonyl (C=O) groups is 2. The molecule has 3 atom stereocenters. The van der Waals surface area contributed by atoms with Gasteiger partial charge >= 0.3 is 6.09 Å².